The Balaban J connectivity index is 1.47. The molecule has 1 aromatic carbocycles. The minimum absolute atomic E-state index is 0.0576. The molecule has 1 fully saturated rings. The minimum Gasteiger partial charge on any atom is -0.493 e. The van der Waals surface area contributed by atoms with Crippen LogP contribution in [0, 0.1) is 11.7 Å². The molecule has 3 rings (SSSR count). The highest BCUT2D eigenvalue weighted by molar-refractivity contribution is 5.81. The molecule has 5 nitrogen and oxygen atoms in total. The zero-order chi connectivity index (χ0) is 16.9. The summed E-state index contributed by atoms with van der Waals surface area (Å²) >= 11 is 0. The van der Waals surface area contributed by atoms with E-state index >= 15 is 0 Å². The standard InChI is InChI=1S/C18H23FN2O3/c19-13-7-8-14-15(3-2-10-24-16(14)11-13)21-17(22)4-1-9-20-18(23)12-5-6-12/h7-8,11-12,15H,1-6,9-10H2,(H,20,23)(H,21,22)/t15-/m1/s1. The second-order valence-electron chi connectivity index (χ2n) is 6.46. The Morgan fingerprint density at radius 3 is 2.88 bits per heavy atom. The van der Waals surface area contributed by atoms with E-state index in [0.717, 1.165) is 31.2 Å². The van der Waals surface area contributed by atoms with Crippen molar-refractivity contribution in [2.75, 3.05) is 13.2 Å². The van der Waals surface area contributed by atoms with Crippen LogP contribution < -0.4 is 15.4 Å². The van der Waals surface area contributed by atoms with E-state index in [9.17, 15) is 14.0 Å². The van der Waals surface area contributed by atoms with Gasteiger partial charge < -0.3 is 15.4 Å². The Hall–Kier alpha value is -2.11. The number of amides is 2. The van der Waals surface area contributed by atoms with Crippen molar-refractivity contribution >= 4 is 11.8 Å². The molecule has 1 aliphatic carbocycles. The molecule has 0 unspecified atom stereocenters. The molecule has 24 heavy (non-hydrogen) atoms. The molecule has 130 valence electrons. The predicted molar refractivity (Wildman–Crippen MR) is 87.0 cm³/mol. The van der Waals surface area contributed by atoms with Crippen molar-refractivity contribution in [3.63, 3.8) is 0 Å². The van der Waals surface area contributed by atoms with Gasteiger partial charge in [0.2, 0.25) is 11.8 Å². The van der Waals surface area contributed by atoms with Gasteiger partial charge >= 0.3 is 0 Å². The van der Waals surface area contributed by atoms with Gasteiger partial charge in [-0.05, 0) is 38.2 Å². The highest BCUT2D eigenvalue weighted by atomic mass is 19.1. The van der Waals surface area contributed by atoms with Gasteiger partial charge in [0.25, 0.3) is 0 Å². The maximum absolute atomic E-state index is 13.3. The molecule has 0 radical (unpaired) electrons. The van der Waals surface area contributed by atoms with Crippen LogP contribution in [0.2, 0.25) is 0 Å². The average Bonchev–Trinajstić information content (AvgIpc) is 3.39. The third kappa shape index (κ3) is 4.46. The molecule has 2 aliphatic rings. The van der Waals surface area contributed by atoms with Gasteiger partial charge in [0.15, 0.2) is 0 Å². The first-order chi connectivity index (χ1) is 11.6. The molecular formula is C18H23FN2O3. The van der Waals surface area contributed by atoms with Gasteiger partial charge in [-0.25, -0.2) is 4.39 Å². The quantitative estimate of drug-likeness (QED) is 0.785. The highest BCUT2D eigenvalue weighted by Crippen LogP contribution is 2.32. The number of halogens is 1. The first kappa shape index (κ1) is 16.7. The number of benzene rings is 1. The SMILES string of the molecule is O=C(CCCNC(=O)C1CC1)N[C@@H]1CCCOc2cc(F)ccc21. The van der Waals surface area contributed by atoms with Crippen molar-refractivity contribution in [1.29, 1.82) is 0 Å². The number of carbonyl (C=O) groups excluding carboxylic acids is 2. The lowest BCUT2D eigenvalue weighted by atomic mass is 10.0. The summed E-state index contributed by atoms with van der Waals surface area (Å²) in [5, 5.41) is 5.86. The Morgan fingerprint density at radius 1 is 1.25 bits per heavy atom. The molecule has 0 spiro atoms. The van der Waals surface area contributed by atoms with E-state index in [1.165, 1.54) is 12.1 Å². The summed E-state index contributed by atoms with van der Waals surface area (Å²) in [6, 6.07) is 4.28. The lowest BCUT2D eigenvalue weighted by Gasteiger charge is -2.18. The molecule has 2 amide bonds. The third-order valence-electron chi connectivity index (χ3n) is 4.41. The second kappa shape index (κ2) is 7.64. The zero-order valence-electron chi connectivity index (χ0n) is 13.6. The van der Waals surface area contributed by atoms with Gasteiger partial charge in [0.1, 0.15) is 11.6 Å². The van der Waals surface area contributed by atoms with Gasteiger partial charge in [-0.1, -0.05) is 6.07 Å². The number of ether oxygens (including phenoxy) is 1. The summed E-state index contributed by atoms with van der Waals surface area (Å²) in [6.07, 6.45) is 4.51. The van der Waals surface area contributed by atoms with Crippen LogP contribution in [-0.2, 0) is 9.59 Å². The van der Waals surface area contributed by atoms with Crippen LogP contribution in [0.25, 0.3) is 0 Å². The maximum Gasteiger partial charge on any atom is 0.223 e. The first-order valence-corrected chi connectivity index (χ1v) is 8.63. The molecule has 1 atom stereocenters. The van der Waals surface area contributed by atoms with Gasteiger partial charge in [-0.15, -0.1) is 0 Å². The van der Waals surface area contributed by atoms with Gasteiger partial charge in [0.05, 0.1) is 12.6 Å². The normalized spacial score (nSPS) is 19.6. The average molecular weight is 334 g/mol. The Labute approximate surface area is 141 Å². The molecule has 1 heterocycles. The summed E-state index contributed by atoms with van der Waals surface area (Å²) in [4.78, 5) is 23.7. The summed E-state index contributed by atoms with van der Waals surface area (Å²) in [7, 11) is 0. The third-order valence-corrected chi connectivity index (χ3v) is 4.41. The first-order valence-electron chi connectivity index (χ1n) is 8.63. The Kier molecular flexibility index (Phi) is 5.33. The van der Waals surface area contributed by atoms with Crippen molar-refractivity contribution in [2.45, 2.75) is 44.6 Å². The van der Waals surface area contributed by atoms with Crippen molar-refractivity contribution in [2.24, 2.45) is 5.92 Å². The Morgan fingerprint density at radius 2 is 2.08 bits per heavy atom. The van der Waals surface area contributed by atoms with E-state index in [1.807, 2.05) is 0 Å². The van der Waals surface area contributed by atoms with Crippen LogP contribution in [0.3, 0.4) is 0 Å². The summed E-state index contributed by atoms with van der Waals surface area (Å²) < 4.78 is 18.9. The molecule has 1 aliphatic heterocycles. The van der Waals surface area contributed by atoms with Gasteiger partial charge in [-0.2, -0.15) is 0 Å². The minimum atomic E-state index is -0.341. The van der Waals surface area contributed by atoms with Crippen molar-refractivity contribution < 1.29 is 18.7 Å². The molecule has 1 aromatic rings. The Bertz CT molecular complexity index is 616. The van der Waals surface area contributed by atoms with Crippen LogP contribution in [0.1, 0.15) is 50.1 Å². The fourth-order valence-electron chi connectivity index (χ4n) is 2.91. The van der Waals surface area contributed by atoms with Crippen LogP contribution in [0.5, 0.6) is 5.75 Å². The van der Waals surface area contributed by atoms with Gasteiger partial charge in [0, 0.05) is 30.5 Å². The second-order valence-corrected chi connectivity index (χ2v) is 6.46. The number of carbonyl (C=O) groups is 2. The van der Waals surface area contributed by atoms with E-state index < -0.39 is 0 Å². The van der Waals surface area contributed by atoms with E-state index in [4.69, 9.17) is 4.74 Å². The largest absolute Gasteiger partial charge is 0.493 e. The van der Waals surface area contributed by atoms with Crippen molar-refractivity contribution in [1.82, 2.24) is 10.6 Å². The van der Waals surface area contributed by atoms with Crippen LogP contribution >= 0.6 is 0 Å². The number of fused-ring (bicyclic) bond motifs is 1. The smallest absolute Gasteiger partial charge is 0.223 e. The molecule has 0 saturated heterocycles. The number of hydrogen-bond donors (Lipinski definition) is 2. The van der Waals surface area contributed by atoms with Crippen molar-refractivity contribution in [3.05, 3.63) is 29.6 Å². The van der Waals surface area contributed by atoms with Crippen LogP contribution in [0.4, 0.5) is 4.39 Å². The maximum atomic E-state index is 13.3. The topological polar surface area (TPSA) is 67.4 Å². The lowest BCUT2D eigenvalue weighted by Crippen LogP contribution is -2.30. The summed E-state index contributed by atoms with van der Waals surface area (Å²) in [5.74, 6) is 0.411. The molecule has 0 aromatic heterocycles. The monoisotopic (exact) mass is 334 g/mol. The van der Waals surface area contributed by atoms with E-state index in [-0.39, 0.29) is 29.6 Å². The summed E-state index contributed by atoms with van der Waals surface area (Å²) in [6.45, 7) is 1.05. The molecule has 1 saturated carbocycles. The highest BCUT2D eigenvalue weighted by Gasteiger charge is 2.29. The van der Waals surface area contributed by atoms with Gasteiger partial charge in [-0.3, -0.25) is 9.59 Å². The van der Waals surface area contributed by atoms with Crippen LogP contribution in [0.15, 0.2) is 18.2 Å². The molecule has 0 bridgehead atoms. The lowest BCUT2D eigenvalue weighted by molar-refractivity contribution is -0.124. The van der Waals surface area contributed by atoms with Crippen LogP contribution in [-0.4, -0.2) is 25.0 Å². The number of hydrogen-bond acceptors (Lipinski definition) is 3. The zero-order valence-corrected chi connectivity index (χ0v) is 13.6. The molecule has 6 heteroatoms. The fraction of sp³-hybridized carbons (Fsp3) is 0.556. The number of nitrogens with one attached hydrogen (secondary N) is 2. The van der Waals surface area contributed by atoms with Crippen molar-refractivity contribution in [3.8, 4) is 5.75 Å². The molecular weight excluding hydrogens is 311 g/mol. The fourth-order valence-corrected chi connectivity index (χ4v) is 2.91. The van der Waals surface area contributed by atoms with E-state index in [2.05, 4.69) is 10.6 Å². The summed E-state index contributed by atoms with van der Waals surface area (Å²) in [5.41, 5.74) is 0.823. The number of rotatable bonds is 6. The predicted octanol–water partition coefficient (Wildman–Crippen LogP) is 2.46. The van der Waals surface area contributed by atoms with E-state index in [0.29, 0.717) is 31.7 Å². The molecule has 2 N–H and O–H groups in total. The van der Waals surface area contributed by atoms with E-state index in [1.54, 1.807) is 6.07 Å².